The number of hydrogen-bond acceptors (Lipinski definition) is 8. The molecule has 1 unspecified atom stereocenters. The molecule has 0 radical (unpaired) electrons. The highest BCUT2D eigenvalue weighted by Crippen LogP contribution is 2.28. The van der Waals surface area contributed by atoms with Crippen LogP contribution in [-0.2, 0) is 14.4 Å². The van der Waals surface area contributed by atoms with Crippen LogP contribution in [0.15, 0.2) is 23.4 Å². The molecule has 0 fully saturated rings. The first-order chi connectivity index (χ1) is 11.5. The van der Waals surface area contributed by atoms with Crippen LogP contribution in [0.2, 0.25) is 0 Å². The lowest BCUT2D eigenvalue weighted by Gasteiger charge is -2.13. The van der Waals surface area contributed by atoms with Crippen molar-refractivity contribution in [2.24, 2.45) is 10.9 Å². The Morgan fingerprint density at radius 3 is 3.04 bits per heavy atom. The molecule has 1 aromatic rings. The maximum absolute atomic E-state index is 11.8. The molecule has 1 heterocycles. The summed E-state index contributed by atoms with van der Waals surface area (Å²) in [6, 6.07) is 4.39. The zero-order chi connectivity index (χ0) is 17.5. The van der Waals surface area contributed by atoms with Crippen molar-refractivity contribution in [1.29, 1.82) is 0 Å². The number of esters is 1. The second kappa shape index (κ2) is 8.79. The van der Waals surface area contributed by atoms with E-state index in [1.807, 2.05) is 6.26 Å². The molecule has 1 aliphatic rings. The van der Waals surface area contributed by atoms with Crippen molar-refractivity contribution in [1.82, 2.24) is 0 Å². The molecule has 0 aliphatic carbocycles. The predicted molar refractivity (Wildman–Crippen MR) is 92.6 cm³/mol. The molecule has 8 heteroatoms. The molecule has 7 nitrogen and oxygen atoms in total. The molecule has 0 saturated heterocycles. The van der Waals surface area contributed by atoms with Crippen molar-refractivity contribution in [3.63, 3.8) is 0 Å². The number of phenolic OH excluding ortho intramolecular Hbond substituents is 1. The Morgan fingerprint density at radius 1 is 1.58 bits per heavy atom. The summed E-state index contributed by atoms with van der Waals surface area (Å²) in [6.07, 6.45) is 2.68. The van der Waals surface area contributed by atoms with Crippen molar-refractivity contribution in [3.8, 4) is 11.5 Å². The minimum absolute atomic E-state index is 0.0346. The van der Waals surface area contributed by atoms with E-state index >= 15 is 0 Å². The largest absolute Gasteiger partial charge is 0.504 e. The van der Waals surface area contributed by atoms with Crippen LogP contribution in [0.3, 0.4) is 0 Å². The lowest BCUT2D eigenvalue weighted by Crippen LogP contribution is -2.34. The summed E-state index contributed by atoms with van der Waals surface area (Å²) >= 11 is 1.63. The topological polar surface area (TPSA) is 103 Å². The van der Waals surface area contributed by atoms with E-state index < -0.39 is 12.0 Å². The zero-order valence-electron chi connectivity index (χ0n) is 13.7. The minimum atomic E-state index is -0.613. The molecule has 132 valence electrons. The van der Waals surface area contributed by atoms with Gasteiger partial charge in [-0.3, -0.25) is 4.79 Å². The number of benzene rings is 1. The van der Waals surface area contributed by atoms with Gasteiger partial charge in [0.25, 0.3) is 0 Å². The summed E-state index contributed by atoms with van der Waals surface area (Å²) in [5.41, 5.74) is 7.17. The highest BCUT2D eigenvalue weighted by Gasteiger charge is 2.25. The SMILES string of the molecule is COc1ccc(C2=NOC(COC(=O)[C@@H](N)CCSC)C2)cc1O. The molecule has 1 aromatic carbocycles. The Bertz CT molecular complexity index is 608. The van der Waals surface area contributed by atoms with Gasteiger partial charge in [-0.05, 0) is 36.6 Å². The number of nitrogens with zero attached hydrogens (tertiary/aromatic N) is 1. The van der Waals surface area contributed by atoms with Crippen molar-refractivity contribution in [2.75, 3.05) is 25.7 Å². The number of thioether (sulfide) groups is 1. The first-order valence-electron chi connectivity index (χ1n) is 7.56. The normalized spacial score (nSPS) is 17.8. The van der Waals surface area contributed by atoms with Crippen LogP contribution in [0.4, 0.5) is 0 Å². The molecule has 0 amide bonds. The smallest absolute Gasteiger partial charge is 0.323 e. The number of hydrogen-bond donors (Lipinski definition) is 2. The highest BCUT2D eigenvalue weighted by molar-refractivity contribution is 7.98. The maximum atomic E-state index is 11.8. The number of rotatable bonds is 8. The third-order valence-electron chi connectivity index (χ3n) is 3.59. The fraction of sp³-hybridized carbons (Fsp3) is 0.500. The Labute approximate surface area is 145 Å². The van der Waals surface area contributed by atoms with Crippen LogP contribution in [0.5, 0.6) is 11.5 Å². The number of oxime groups is 1. The zero-order valence-corrected chi connectivity index (χ0v) is 14.5. The van der Waals surface area contributed by atoms with Gasteiger partial charge >= 0.3 is 5.97 Å². The van der Waals surface area contributed by atoms with Gasteiger partial charge in [0.05, 0.1) is 12.8 Å². The van der Waals surface area contributed by atoms with Crippen molar-refractivity contribution >= 4 is 23.4 Å². The van der Waals surface area contributed by atoms with Gasteiger partial charge in [-0.2, -0.15) is 11.8 Å². The number of methoxy groups -OCH3 is 1. The van der Waals surface area contributed by atoms with Crippen LogP contribution in [-0.4, -0.2) is 54.7 Å². The van der Waals surface area contributed by atoms with Crippen LogP contribution >= 0.6 is 11.8 Å². The molecule has 24 heavy (non-hydrogen) atoms. The van der Waals surface area contributed by atoms with Crippen molar-refractivity contribution in [2.45, 2.75) is 25.0 Å². The van der Waals surface area contributed by atoms with Gasteiger partial charge < -0.3 is 25.2 Å². The first-order valence-corrected chi connectivity index (χ1v) is 8.95. The number of aromatic hydroxyl groups is 1. The second-order valence-electron chi connectivity index (χ2n) is 5.37. The van der Waals surface area contributed by atoms with Gasteiger partial charge in [0, 0.05) is 12.0 Å². The summed E-state index contributed by atoms with van der Waals surface area (Å²) in [5.74, 6) is 0.809. The van der Waals surface area contributed by atoms with E-state index in [4.69, 9.17) is 20.0 Å². The lowest BCUT2D eigenvalue weighted by atomic mass is 10.0. The summed E-state index contributed by atoms with van der Waals surface area (Å²) in [4.78, 5) is 17.1. The average molecular weight is 354 g/mol. The second-order valence-corrected chi connectivity index (χ2v) is 6.36. The van der Waals surface area contributed by atoms with E-state index in [1.54, 1.807) is 30.0 Å². The Hall–Kier alpha value is -1.93. The summed E-state index contributed by atoms with van der Waals surface area (Å²) < 4.78 is 10.2. The number of carbonyl (C=O) groups is 1. The molecule has 0 spiro atoms. The van der Waals surface area contributed by atoms with Gasteiger partial charge in [-0.1, -0.05) is 5.16 Å². The molecule has 2 rings (SSSR count). The predicted octanol–water partition coefficient (Wildman–Crippen LogP) is 1.52. The monoisotopic (exact) mass is 354 g/mol. The van der Waals surface area contributed by atoms with Crippen LogP contribution in [0.25, 0.3) is 0 Å². The highest BCUT2D eigenvalue weighted by atomic mass is 32.2. The summed E-state index contributed by atoms with van der Waals surface area (Å²) in [5, 5.41) is 13.8. The lowest BCUT2D eigenvalue weighted by molar-refractivity contribution is -0.148. The Kier molecular flexibility index (Phi) is 6.74. The minimum Gasteiger partial charge on any atom is -0.504 e. The van der Waals surface area contributed by atoms with Gasteiger partial charge in [0.1, 0.15) is 12.6 Å². The Morgan fingerprint density at radius 2 is 2.38 bits per heavy atom. The number of carbonyl (C=O) groups excluding carboxylic acids is 1. The molecule has 1 aliphatic heterocycles. The summed E-state index contributed by atoms with van der Waals surface area (Å²) in [7, 11) is 1.49. The van der Waals surface area contributed by atoms with E-state index in [9.17, 15) is 9.90 Å². The summed E-state index contributed by atoms with van der Waals surface area (Å²) in [6.45, 7) is 0.0982. The van der Waals surface area contributed by atoms with E-state index in [1.165, 1.54) is 7.11 Å². The van der Waals surface area contributed by atoms with E-state index in [0.717, 1.165) is 11.3 Å². The number of phenols is 1. The molecule has 3 N–H and O–H groups in total. The van der Waals surface area contributed by atoms with Gasteiger partial charge in [0.2, 0.25) is 0 Å². The van der Waals surface area contributed by atoms with Crippen molar-refractivity contribution < 1.29 is 24.2 Å². The Balaban J connectivity index is 1.82. The van der Waals surface area contributed by atoms with Gasteiger partial charge in [-0.25, -0.2) is 0 Å². The molecule has 0 saturated carbocycles. The van der Waals surface area contributed by atoms with E-state index in [-0.39, 0.29) is 18.5 Å². The molecular formula is C16H22N2O5S. The van der Waals surface area contributed by atoms with Crippen LogP contribution in [0.1, 0.15) is 18.4 Å². The van der Waals surface area contributed by atoms with Gasteiger partial charge in [-0.15, -0.1) is 0 Å². The van der Waals surface area contributed by atoms with Crippen LogP contribution in [0, 0.1) is 0 Å². The molecule has 2 atom stereocenters. The third kappa shape index (κ3) is 4.78. The third-order valence-corrected chi connectivity index (χ3v) is 4.24. The standard InChI is InChI=1S/C16H22N2O5S/c1-21-15-4-3-10(7-14(15)19)13-8-11(23-18-13)9-22-16(20)12(17)5-6-24-2/h3-4,7,11-12,19H,5-6,8-9,17H2,1-2H3/t11?,12-/m0/s1. The molecule has 0 bridgehead atoms. The van der Waals surface area contributed by atoms with Crippen molar-refractivity contribution in [3.05, 3.63) is 23.8 Å². The molecular weight excluding hydrogens is 332 g/mol. The fourth-order valence-electron chi connectivity index (χ4n) is 2.20. The van der Waals surface area contributed by atoms with Crippen LogP contribution < -0.4 is 10.5 Å². The first kappa shape index (κ1) is 18.4. The average Bonchev–Trinajstić information content (AvgIpc) is 3.06. The maximum Gasteiger partial charge on any atom is 0.323 e. The number of nitrogens with two attached hydrogens (primary N) is 1. The quantitative estimate of drug-likeness (QED) is 0.682. The van der Waals surface area contributed by atoms with Gasteiger partial charge in [0.15, 0.2) is 17.6 Å². The fourth-order valence-corrected chi connectivity index (χ4v) is 2.69. The number of ether oxygens (including phenoxy) is 2. The van der Waals surface area contributed by atoms with E-state index in [2.05, 4.69) is 5.16 Å². The molecule has 0 aromatic heterocycles. The van der Waals surface area contributed by atoms with E-state index in [0.29, 0.717) is 24.3 Å².